The van der Waals surface area contributed by atoms with Crippen molar-refractivity contribution in [2.24, 2.45) is 5.92 Å². The van der Waals surface area contributed by atoms with Crippen LogP contribution in [-0.4, -0.2) is 0 Å². The zero-order chi connectivity index (χ0) is 23.1. The molecule has 0 radical (unpaired) electrons. The van der Waals surface area contributed by atoms with Crippen LogP contribution in [0.3, 0.4) is 0 Å². The second kappa shape index (κ2) is 11.2. The normalized spacial score (nSPS) is 14.7. The second-order valence-corrected chi connectivity index (χ2v) is 9.20. The summed E-state index contributed by atoms with van der Waals surface area (Å²) in [6.45, 7) is 13.1. The van der Waals surface area contributed by atoms with Gasteiger partial charge in [0.1, 0.15) is 11.5 Å². The van der Waals surface area contributed by atoms with Crippen LogP contribution in [0.25, 0.3) is 11.3 Å². The number of ether oxygens (including phenoxy) is 1. The second-order valence-electron chi connectivity index (χ2n) is 9.20. The number of benzene rings is 2. The molecule has 0 N–H and O–H groups in total. The molecule has 0 saturated heterocycles. The smallest absolute Gasteiger partial charge is 0.138 e. The summed E-state index contributed by atoms with van der Waals surface area (Å²) in [7, 11) is 0. The molecule has 32 heavy (non-hydrogen) atoms. The fourth-order valence-electron chi connectivity index (χ4n) is 4.50. The SMILES string of the molecule is C=C1C=C(c2ccc(CCCCC(CC)CC#N)cc2)Oc2c(C(C)CC)ccc(C)c21. The highest BCUT2D eigenvalue weighted by Crippen LogP contribution is 2.43. The summed E-state index contributed by atoms with van der Waals surface area (Å²) in [6.07, 6.45) is 9.53. The van der Waals surface area contributed by atoms with Crippen LogP contribution in [0.1, 0.15) is 93.0 Å². The van der Waals surface area contributed by atoms with E-state index in [4.69, 9.17) is 10.00 Å². The zero-order valence-electron chi connectivity index (χ0n) is 20.2. The molecule has 1 heterocycles. The third kappa shape index (κ3) is 5.52. The lowest BCUT2D eigenvalue weighted by Gasteiger charge is -2.26. The van der Waals surface area contributed by atoms with Crippen molar-refractivity contribution in [3.05, 3.63) is 76.9 Å². The Labute approximate surface area is 194 Å². The fraction of sp³-hybridized carbons (Fsp3) is 0.433. The molecule has 0 fully saturated rings. The Morgan fingerprint density at radius 2 is 1.78 bits per heavy atom. The van der Waals surface area contributed by atoms with E-state index >= 15 is 0 Å². The quantitative estimate of drug-likeness (QED) is 0.356. The van der Waals surface area contributed by atoms with Crippen LogP contribution >= 0.6 is 0 Å². The third-order valence-electron chi connectivity index (χ3n) is 6.90. The van der Waals surface area contributed by atoms with E-state index in [9.17, 15) is 0 Å². The molecule has 1 aliphatic heterocycles. The van der Waals surface area contributed by atoms with E-state index in [-0.39, 0.29) is 0 Å². The van der Waals surface area contributed by atoms with Gasteiger partial charge in [0.15, 0.2) is 0 Å². The van der Waals surface area contributed by atoms with E-state index in [1.165, 1.54) is 29.5 Å². The topological polar surface area (TPSA) is 33.0 Å². The fourth-order valence-corrected chi connectivity index (χ4v) is 4.50. The molecule has 0 spiro atoms. The molecule has 2 aromatic rings. The summed E-state index contributed by atoms with van der Waals surface area (Å²) in [5, 5.41) is 8.90. The van der Waals surface area contributed by atoms with Crippen LogP contribution in [0.2, 0.25) is 0 Å². The van der Waals surface area contributed by atoms with Gasteiger partial charge in [-0.25, -0.2) is 0 Å². The van der Waals surface area contributed by atoms with Crippen molar-refractivity contribution in [1.82, 2.24) is 0 Å². The summed E-state index contributed by atoms with van der Waals surface area (Å²) in [5.74, 6) is 2.86. The molecule has 0 saturated carbocycles. The van der Waals surface area contributed by atoms with Crippen molar-refractivity contribution in [2.45, 2.75) is 78.6 Å². The Hall–Kier alpha value is -2.79. The minimum absolute atomic E-state index is 0.444. The maximum atomic E-state index is 8.90. The maximum Gasteiger partial charge on any atom is 0.138 e. The summed E-state index contributed by atoms with van der Waals surface area (Å²) in [5.41, 5.74) is 7.09. The number of hydrogen-bond acceptors (Lipinski definition) is 2. The number of allylic oxidation sites excluding steroid dienone is 2. The van der Waals surface area contributed by atoms with Gasteiger partial charge in [-0.2, -0.15) is 5.26 Å². The standard InChI is InChI=1S/C30H37NO/c1-6-21(3)27-17-12-22(4)29-23(5)20-28(32-30(27)29)26-15-13-25(14-16-26)11-9-8-10-24(7-2)18-19-31/h12-17,20-21,24H,5-11,18H2,1-4H3. The zero-order valence-corrected chi connectivity index (χ0v) is 20.2. The van der Waals surface area contributed by atoms with Crippen molar-refractivity contribution >= 4 is 11.3 Å². The molecule has 0 amide bonds. The first kappa shape index (κ1) is 23.9. The van der Waals surface area contributed by atoms with E-state index < -0.39 is 0 Å². The highest BCUT2D eigenvalue weighted by Gasteiger charge is 2.23. The minimum atomic E-state index is 0.444. The summed E-state index contributed by atoms with van der Waals surface area (Å²) >= 11 is 0. The van der Waals surface area contributed by atoms with Gasteiger partial charge in [-0.1, -0.05) is 76.6 Å². The predicted octanol–water partition coefficient (Wildman–Crippen LogP) is 8.61. The summed E-state index contributed by atoms with van der Waals surface area (Å²) < 4.78 is 6.50. The first-order valence-electron chi connectivity index (χ1n) is 12.2. The monoisotopic (exact) mass is 427 g/mol. The molecule has 2 nitrogen and oxygen atoms in total. The molecule has 2 atom stereocenters. The number of unbranched alkanes of at least 4 members (excludes halogenated alkanes) is 1. The molecule has 3 rings (SSSR count). The largest absolute Gasteiger partial charge is 0.456 e. The van der Waals surface area contributed by atoms with Gasteiger partial charge < -0.3 is 4.74 Å². The molecule has 0 aromatic heterocycles. The van der Waals surface area contributed by atoms with Crippen molar-refractivity contribution in [3.63, 3.8) is 0 Å². The number of nitriles is 1. The first-order valence-corrected chi connectivity index (χ1v) is 12.2. The number of hydrogen-bond donors (Lipinski definition) is 0. The molecule has 2 aromatic carbocycles. The molecule has 2 unspecified atom stereocenters. The lowest BCUT2D eigenvalue weighted by molar-refractivity contribution is 0.455. The van der Waals surface area contributed by atoms with Crippen LogP contribution in [0.5, 0.6) is 5.75 Å². The summed E-state index contributed by atoms with van der Waals surface area (Å²) in [6, 6.07) is 15.5. The van der Waals surface area contributed by atoms with Gasteiger partial charge in [0.2, 0.25) is 0 Å². The highest BCUT2D eigenvalue weighted by molar-refractivity contribution is 5.89. The summed E-state index contributed by atoms with van der Waals surface area (Å²) in [4.78, 5) is 0. The molecular weight excluding hydrogens is 390 g/mol. The van der Waals surface area contributed by atoms with Gasteiger partial charge in [0.05, 0.1) is 6.07 Å². The van der Waals surface area contributed by atoms with Crippen LogP contribution in [0.15, 0.2) is 49.1 Å². The molecular formula is C30H37NO. The van der Waals surface area contributed by atoms with Crippen molar-refractivity contribution in [2.75, 3.05) is 0 Å². The lowest BCUT2D eigenvalue weighted by atomic mass is 9.89. The van der Waals surface area contributed by atoms with Gasteiger partial charge in [-0.15, -0.1) is 0 Å². The van der Waals surface area contributed by atoms with Crippen LogP contribution in [0, 0.1) is 24.2 Å². The highest BCUT2D eigenvalue weighted by atomic mass is 16.5. The Balaban J connectivity index is 1.68. The van der Waals surface area contributed by atoms with Gasteiger partial charge in [0.25, 0.3) is 0 Å². The minimum Gasteiger partial charge on any atom is -0.456 e. The Morgan fingerprint density at radius 1 is 1.03 bits per heavy atom. The molecule has 1 aliphatic rings. The molecule has 0 aliphatic carbocycles. The number of nitrogens with zero attached hydrogens (tertiary/aromatic N) is 1. The van der Waals surface area contributed by atoms with Crippen LogP contribution in [-0.2, 0) is 6.42 Å². The van der Waals surface area contributed by atoms with Crippen LogP contribution < -0.4 is 4.74 Å². The van der Waals surface area contributed by atoms with E-state index in [0.29, 0.717) is 18.3 Å². The average molecular weight is 428 g/mol. The Morgan fingerprint density at radius 3 is 2.44 bits per heavy atom. The van der Waals surface area contributed by atoms with E-state index in [0.717, 1.165) is 53.9 Å². The van der Waals surface area contributed by atoms with Gasteiger partial charge in [0, 0.05) is 17.5 Å². The van der Waals surface area contributed by atoms with Gasteiger partial charge in [-0.05, 0) is 72.8 Å². The molecule has 0 bridgehead atoms. The van der Waals surface area contributed by atoms with Crippen LogP contribution in [0.4, 0.5) is 0 Å². The Kier molecular flexibility index (Phi) is 8.34. The average Bonchev–Trinajstić information content (AvgIpc) is 2.80. The van der Waals surface area contributed by atoms with Crippen molar-refractivity contribution < 1.29 is 4.74 Å². The molecule has 2 heteroatoms. The number of aryl methyl sites for hydroxylation is 2. The maximum absolute atomic E-state index is 8.90. The van der Waals surface area contributed by atoms with Gasteiger partial charge >= 0.3 is 0 Å². The van der Waals surface area contributed by atoms with E-state index in [1.807, 2.05) is 0 Å². The Bertz CT molecular complexity index is 1010. The van der Waals surface area contributed by atoms with Gasteiger partial charge in [-0.3, -0.25) is 0 Å². The first-order chi connectivity index (χ1) is 15.5. The lowest BCUT2D eigenvalue weighted by Crippen LogP contribution is -2.09. The van der Waals surface area contributed by atoms with E-state index in [1.54, 1.807) is 0 Å². The number of fused-ring (bicyclic) bond motifs is 1. The van der Waals surface area contributed by atoms with E-state index in [2.05, 4.69) is 82.8 Å². The predicted molar refractivity (Wildman–Crippen MR) is 136 cm³/mol. The number of rotatable bonds is 10. The molecule has 168 valence electrons. The van der Waals surface area contributed by atoms with Crippen molar-refractivity contribution in [3.8, 4) is 11.8 Å². The van der Waals surface area contributed by atoms with Crippen molar-refractivity contribution in [1.29, 1.82) is 5.26 Å². The third-order valence-corrected chi connectivity index (χ3v) is 6.90.